The second-order valence-corrected chi connectivity index (χ2v) is 6.50. The van der Waals surface area contributed by atoms with Gasteiger partial charge < -0.3 is 19.9 Å². The van der Waals surface area contributed by atoms with E-state index >= 15 is 0 Å². The minimum Gasteiger partial charge on any atom is -0.492 e. The summed E-state index contributed by atoms with van der Waals surface area (Å²) in [6, 6.07) is 6.72. The van der Waals surface area contributed by atoms with Crippen LogP contribution in [0.25, 0.3) is 0 Å². The predicted molar refractivity (Wildman–Crippen MR) is 95.6 cm³/mol. The van der Waals surface area contributed by atoms with E-state index in [-0.39, 0.29) is 18.0 Å². The molecular weight excluding hydrogens is 340 g/mol. The molecule has 1 rings (SSSR count). The summed E-state index contributed by atoms with van der Waals surface area (Å²) in [7, 11) is 0. The van der Waals surface area contributed by atoms with E-state index in [1.807, 2.05) is 0 Å². The molecule has 0 atom stereocenters. The van der Waals surface area contributed by atoms with Gasteiger partial charge in [-0.3, -0.25) is 4.79 Å². The fourth-order valence-corrected chi connectivity index (χ4v) is 1.85. The Morgan fingerprint density at radius 2 is 1.77 bits per heavy atom. The average molecular weight is 364 g/mol. The topological polar surface area (TPSA) is 114 Å². The molecule has 2 N–H and O–H groups in total. The number of carbonyl (C=O) groups excluding carboxylic acids is 2. The highest BCUT2D eigenvalue weighted by Crippen LogP contribution is 2.14. The van der Waals surface area contributed by atoms with Crippen molar-refractivity contribution in [3.05, 3.63) is 29.8 Å². The highest BCUT2D eigenvalue weighted by Gasteiger charge is 2.19. The SMILES string of the molecule is CC(=O)NCCOc1ccc(C/C(=N\C(=O)OC(C)(C)C)C(=O)O)cc1. The van der Waals surface area contributed by atoms with Crippen LogP contribution >= 0.6 is 0 Å². The summed E-state index contributed by atoms with van der Waals surface area (Å²) < 4.78 is 10.5. The first-order valence-electron chi connectivity index (χ1n) is 8.07. The number of carbonyl (C=O) groups is 3. The molecule has 8 nitrogen and oxygen atoms in total. The lowest BCUT2D eigenvalue weighted by atomic mass is 10.1. The van der Waals surface area contributed by atoms with Crippen LogP contribution in [0.3, 0.4) is 0 Å². The third-order valence-corrected chi connectivity index (χ3v) is 2.91. The second kappa shape index (κ2) is 9.55. The van der Waals surface area contributed by atoms with Gasteiger partial charge in [0, 0.05) is 13.3 Å². The van der Waals surface area contributed by atoms with Crippen molar-refractivity contribution in [2.75, 3.05) is 13.2 Å². The maximum Gasteiger partial charge on any atom is 0.434 e. The highest BCUT2D eigenvalue weighted by atomic mass is 16.6. The molecule has 0 aliphatic carbocycles. The monoisotopic (exact) mass is 364 g/mol. The fourth-order valence-electron chi connectivity index (χ4n) is 1.85. The summed E-state index contributed by atoms with van der Waals surface area (Å²) in [6.45, 7) is 7.15. The Labute approximate surface area is 152 Å². The van der Waals surface area contributed by atoms with E-state index in [1.165, 1.54) is 6.92 Å². The number of carboxylic acids is 1. The number of amides is 2. The molecule has 0 unspecified atom stereocenters. The predicted octanol–water partition coefficient (Wildman–Crippen LogP) is 2.20. The van der Waals surface area contributed by atoms with E-state index in [0.717, 1.165) is 0 Å². The van der Waals surface area contributed by atoms with Crippen molar-refractivity contribution in [3.8, 4) is 5.75 Å². The molecule has 0 saturated heterocycles. The Hall–Kier alpha value is -2.90. The van der Waals surface area contributed by atoms with Gasteiger partial charge in [0.25, 0.3) is 0 Å². The Bertz CT molecular complexity index is 674. The number of rotatable bonds is 7. The summed E-state index contributed by atoms with van der Waals surface area (Å²) in [6.07, 6.45) is -0.964. The Kier molecular flexibility index (Phi) is 7.77. The van der Waals surface area contributed by atoms with Crippen LogP contribution in [0.1, 0.15) is 33.3 Å². The molecule has 142 valence electrons. The van der Waals surface area contributed by atoms with Crippen molar-refractivity contribution in [2.45, 2.75) is 39.7 Å². The van der Waals surface area contributed by atoms with Gasteiger partial charge in [0.1, 0.15) is 23.7 Å². The maximum atomic E-state index is 11.7. The van der Waals surface area contributed by atoms with Gasteiger partial charge >= 0.3 is 12.1 Å². The van der Waals surface area contributed by atoms with E-state index in [2.05, 4.69) is 10.3 Å². The minimum absolute atomic E-state index is 0.0270. The Morgan fingerprint density at radius 1 is 1.15 bits per heavy atom. The second-order valence-electron chi connectivity index (χ2n) is 6.50. The molecule has 26 heavy (non-hydrogen) atoms. The van der Waals surface area contributed by atoms with E-state index in [9.17, 15) is 19.5 Å². The maximum absolute atomic E-state index is 11.7. The number of carboxylic acid groups (broad SMARTS) is 1. The van der Waals surface area contributed by atoms with E-state index < -0.39 is 17.7 Å². The first-order valence-corrected chi connectivity index (χ1v) is 8.07. The van der Waals surface area contributed by atoms with Crippen molar-refractivity contribution in [1.82, 2.24) is 5.32 Å². The summed E-state index contributed by atoms with van der Waals surface area (Å²) in [4.78, 5) is 37.3. The van der Waals surface area contributed by atoms with E-state index in [4.69, 9.17) is 9.47 Å². The van der Waals surface area contributed by atoms with Gasteiger partial charge in [-0.2, -0.15) is 4.99 Å². The number of aliphatic carboxylic acids is 1. The van der Waals surface area contributed by atoms with Crippen molar-refractivity contribution in [1.29, 1.82) is 0 Å². The molecule has 0 spiro atoms. The largest absolute Gasteiger partial charge is 0.492 e. The van der Waals surface area contributed by atoms with Crippen LogP contribution < -0.4 is 10.1 Å². The first-order chi connectivity index (χ1) is 12.1. The van der Waals surface area contributed by atoms with Crippen LogP contribution in [0.2, 0.25) is 0 Å². The zero-order valence-corrected chi connectivity index (χ0v) is 15.4. The number of benzene rings is 1. The van der Waals surface area contributed by atoms with E-state index in [1.54, 1.807) is 45.0 Å². The number of hydrogen-bond donors (Lipinski definition) is 2. The summed E-state index contributed by atoms with van der Waals surface area (Å²) in [5.74, 6) is -0.832. The molecule has 2 amide bonds. The molecule has 0 aromatic heterocycles. The van der Waals surface area contributed by atoms with Crippen molar-refractivity contribution in [2.24, 2.45) is 4.99 Å². The molecule has 0 aliphatic heterocycles. The van der Waals surface area contributed by atoms with Crippen LogP contribution in [-0.2, 0) is 20.7 Å². The molecule has 1 aromatic carbocycles. The Balaban J connectivity index is 2.68. The normalized spacial score (nSPS) is 11.6. The molecular formula is C18H24N2O6. The lowest BCUT2D eigenvalue weighted by molar-refractivity contribution is -0.129. The summed E-state index contributed by atoms with van der Waals surface area (Å²) in [5, 5.41) is 11.8. The lowest BCUT2D eigenvalue weighted by Crippen LogP contribution is -2.25. The quantitative estimate of drug-likeness (QED) is 0.566. The first kappa shape index (κ1) is 21.1. The van der Waals surface area contributed by atoms with Gasteiger partial charge in [-0.15, -0.1) is 0 Å². The van der Waals surface area contributed by atoms with E-state index in [0.29, 0.717) is 24.5 Å². The summed E-state index contributed by atoms with van der Waals surface area (Å²) >= 11 is 0. The number of ether oxygens (including phenoxy) is 2. The van der Waals surface area contributed by atoms with Gasteiger partial charge in [0.05, 0.1) is 6.54 Å². The van der Waals surface area contributed by atoms with Gasteiger partial charge in [0.15, 0.2) is 0 Å². The van der Waals surface area contributed by atoms with Gasteiger partial charge in [-0.25, -0.2) is 9.59 Å². The van der Waals surface area contributed by atoms with Crippen LogP contribution in [0.5, 0.6) is 5.75 Å². The van der Waals surface area contributed by atoms with Crippen LogP contribution in [-0.4, -0.2) is 47.5 Å². The van der Waals surface area contributed by atoms with Crippen LogP contribution in [0.15, 0.2) is 29.3 Å². The third-order valence-electron chi connectivity index (χ3n) is 2.91. The molecule has 0 saturated carbocycles. The molecule has 0 radical (unpaired) electrons. The lowest BCUT2D eigenvalue weighted by Gasteiger charge is -2.17. The number of aliphatic imine (C=N–C) groups is 1. The molecule has 1 aromatic rings. The minimum atomic E-state index is -1.29. The zero-order chi connectivity index (χ0) is 19.7. The van der Waals surface area contributed by atoms with Crippen LogP contribution in [0.4, 0.5) is 4.79 Å². The number of nitrogens with one attached hydrogen (secondary N) is 1. The third kappa shape index (κ3) is 8.81. The molecule has 0 fully saturated rings. The summed E-state index contributed by atoms with van der Waals surface area (Å²) in [5.41, 5.74) is -0.400. The van der Waals surface area contributed by atoms with Gasteiger partial charge in [-0.1, -0.05) is 12.1 Å². The van der Waals surface area contributed by atoms with Crippen molar-refractivity contribution >= 4 is 23.7 Å². The van der Waals surface area contributed by atoms with Crippen LogP contribution in [0, 0.1) is 0 Å². The van der Waals surface area contributed by atoms with Gasteiger partial charge in [0.2, 0.25) is 5.91 Å². The number of hydrogen-bond acceptors (Lipinski definition) is 5. The molecule has 0 aliphatic rings. The molecule has 8 heteroatoms. The highest BCUT2D eigenvalue weighted by molar-refractivity contribution is 6.37. The molecule has 0 heterocycles. The van der Waals surface area contributed by atoms with Crippen molar-refractivity contribution < 1.29 is 29.0 Å². The smallest absolute Gasteiger partial charge is 0.434 e. The van der Waals surface area contributed by atoms with Gasteiger partial charge in [-0.05, 0) is 38.5 Å². The fraction of sp³-hybridized carbons (Fsp3) is 0.444. The zero-order valence-electron chi connectivity index (χ0n) is 15.4. The molecule has 0 bridgehead atoms. The Morgan fingerprint density at radius 3 is 2.27 bits per heavy atom. The average Bonchev–Trinajstić information content (AvgIpc) is 2.50. The van der Waals surface area contributed by atoms with Crippen molar-refractivity contribution in [3.63, 3.8) is 0 Å². The standard InChI is InChI=1S/C18H24N2O6/c1-12(21)19-9-10-25-14-7-5-13(6-8-14)11-15(16(22)23)20-17(24)26-18(2,3)4/h5-8H,9-11H2,1-4H3,(H,19,21)(H,22,23)/b20-15+. The number of nitrogens with zero attached hydrogens (tertiary/aromatic N) is 1.